The number of halogens is 2. The molecule has 0 fully saturated rings. The van der Waals surface area contributed by atoms with Crippen LogP contribution in [0.1, 0.15) is 25.3 Å². The molecule has 0 spiro atoms. The molecule has 0 heterocycles. The predicted octanol–water partition coefficient (Wildman–Crippen LogP) is 2.91. The summed E-state index contributed by atoms with van der Waals surface area (Å²) in [5.74, 6) is -0.746. The van der Waals surface area contributed by atoms with Crippen LogP contribution in [0.4, 0.5) is 8.78 Å². The van der Waals surface area contributed by atoms with Crippen LogP contribution in [0.25, 0.3) is 0 Å². The van der Waals surface area contributed by atoms with Crippen LogP contribution in [0.2, 0.25) is 0 Å². The van der Waals surface area contributed by atoms with E-state index in [0.29, 0.717) is 18.6 Å². The highest BCUT2D eigenvalue weighted by Gasteiger charge is 2.12. The maximum Gasteiger partial charge on any atom is 0.126 e. The summed E-state index contributed by atoms with van der Waals surface area (Å²) in [4.78, 5) is 0. The Hall–Kier alpha value is -1.00. The van der Waals surface area contributed by atoms with Crippen molar-refractivity contribution in [2.75, 3.05) is 20.3 Å². The zero-order valence-corrected chi connectivity index (χ0v) is 11.0. The molecule has 1 aromatic carbocycles. The Labute approximate surface area is 107 Å². The summed E-state index contributed by atoms with van der Waals surface area (Å²) >= 11 is 0. The summed E-state index contributed by atoms with van der Waals surface area (Å²) in [6.45, 7) is 3.55. The number of nitrogens with one attached hydrogen (secondary N) is 1. The first-order valence-electron chi connectivity index (χ1n) is 6.33. The number of methoxy groups -OCH3 is 1. The summed E-state index contributed by atoms with van der Waals surface area (Å²) in [6, 6.07) is 3.70. The molecule has 0 radical (unpaired) electrons. The molecular weight excluding hydrogens is 236 g/mol. The second-order valence-electron chi connectivity index (χ2n) is 4.37. The first-order valence-corrected chi connectivity index (χ1v) is 6.33. The van der Waals surface area contributed by atoms with E-state index in [2.05, 4.69) is 12.2 Å². The van der Waals surface area contributed by atoms with E-state index in [1.54, 1.807) is 7.11 Å². The van der Waals surface area contributed by atoms with Gasteiger partial charge < -0.3 is 10.1 Å². The van der Waals surface area contributed by atoms with Crippen molar-refractivity contribution >= 4 is 0 Å². The zero-order chi connectivity index (χ0) is 13.4. The van der Waals surface area contributed by atoms with Gasteiger partial charge in [-0.15, -0.1) is 0 Å². The molecule has 0 aliphatic rings. The van der Waals surface area contributed by atoms with Gasteiger partial charge in [0.2, 0.25) is 0 Å². The molecule has 2 nitrogen and oxygen atoms in total. The Balaban J connectivity index is 2.65. The lowest BCUT2D eigenvalue weighted by Gasteiger charge is -2.18. The summed E-state index contributed by atoms with van der Waals surface area (Å²) in [5.41, 5.74) is 0.416. The molecule has 1 unspecified atom stereocenters. The van der Waals surface area contributed by atoms with Crippen LogP contribution in [0.3, 0.4) is 0 Å². The SMILES string of the molecule is CCCNC(CCOC)Cc1cc(F)ccc1F. The number of hydrogen-bond acceptors (Lipinski definition) is 2. The molecule has 102 valence electrons. The quantitative estimate of drug-likeness (QED) is 0.773. The Kier molecular flexibility index (Phi) is 6.83. The van der Waals surface area contributed by atoms with Crippen molar-refractivity contribution in [3.63, 3.8) is 0 Å². The Morgan fingerprint density at radius 3 is 2.78 bits per heavy atom. The molecule has 1 aromatic rings. The third-order valence-corrected chi connectivity index (χ3v) is 2.83. The highest BCUT2D eigenvalue weighted by atomic mass is 19.1. The number of benzene rings is 1. The molecule has 0 saturated carbocycles. The molecular formula is C14H21F2NO. The first-order chi connectivity index (χ1) is 8.67. The molecule has 1 N–H and O–H groups in total. The minimum atomic E-state index is -0.396. The Morgan fingerprint density at radius 1 is 1.33 bits per heavy atom. The molecule has 18 heavy (non-hydrogen) atoms. The van der Waals surface area contributed by atoms with Crippen molar-refractivity contribution in [3.8, 4) is 0 Å². The van der Waals surface area contributed by atoms with Gasteiger partial charge in [0.25, 0.3) is 0 Å². The van der Waals surface area contributed by atoms with E-state index in [1.807, 2.05) is 0 Å². The van der Waals surface area contributed by atoms with Crippen molar-refractivity contribution in [2.24, 2.45) is 0 Å². The summed E-state index contributed by atoms with van der Waals surface area (Å²) in [7, 11) is 1.64. The van der Waals surface area contributed by atoms with Crippen LogP contribution in [-0.4, -0.2) is 26.3 Å². The topological polar surface area (TPSA) is 21.3 Å². The van der Waals surface area contributed by atoms with Gasteiger partial charge in [0, 0.05) is 19.8 Å². The molecule has 1 atom stereocenters. The fourth-order valence-electron chi connectivity index (χ4n) is 1.85. The molecule has 0 aromatic heterocycles. The van der Waals surface area contributed by atoms with Gasteiger partial charge >= 0.3 is 0 Å². The third kappa shape index (κ3) is 5.10. The van der Waals surface area contributed by atoms with Gasteiger partial charge in [-0.2, -0.15) is 0 Å². The number of rotatable bonds is 8. The van der Waals surface area contributed by atoms with Gasteiger partial charge in [0.05, 0.1) is 0 Å². The highest BCUT2D eigenvalue weighted by Crippen LogP contribution is 2.13. The van der Waals surface area contributed by atoms with E-state index in [4.69, 9.17) is 4.74 Å². The normalized spacial score (nSPS) is 12.7. The van der Waals surface area contributed by atoms with Crippen molar-refractivity contribution in [3.05, 3.63) is 35.4 Å². The summed E-state index contributed by atoms with van der Waals surface area (Å²) < 4.78 is 31.7. The smallest absolute Gasteiger partial charge is 0.126 e. The molecule has 0 aliphatic heterocycles. The maximum atomic E-state index is 13.5. The van der Waals surface area contributed by atoms with Crippen LogP contribution in [0.5, 0.6) is 0 Å². The van der Waals surface area contributed by atoms with Crippen molar-refractivity contribution < 1.29 is 13.5 Å². The Bertz CT molecular complexity index is 350. The van der Waals surface area contributed by atoms with E-state index in [0.717, 1.165) is 25.5 Å². The lowest BCUT2D eigenvalue weighted by atomic mass is 10.0. The maximum absolute atomic E-state index is 13.5. The fourth-order valence-corrected chi connectivity index (χ4v) is 1.85. The second-order valence-corrected chi connectivity index (χ2v) is 4.37. The molecule has 0 bridgehead atoms. The largest absolute Gasteiger partial charge is 0.385 e. The van der Waals surface area contributed by atoms with Gasteiger partial charge in [-0.05, 0) is 49.6 Å². The van der Waals surface area contributed by atoms with E-state index in [1.165, 1.54) is 12.1 Å². The lowest BCUT2D eigenvalue weighted by Crippen LogP contribution is -2.33. The zero-order valence-electron chi connectivity index (χ0n) is 11.0. The predicted molar refractivity (Wildman–Crippen MR) is 68.6 cm³/mol. The Morgan fingerprint density at radius 2 is 2.11 bits per heavy atom. The molecule has 0 aliphatic carbocycles. The van der Waals surface area contributed by atoms with Gasteiger partial charge in [-0.1, -0.05) is 6.92 Å². The van der Waals surface area contributed by atoms with E-state index in [9.17, 15) is 8.78 Å². The average Bonchev–Trinajstić information content (AvgIpc) is 2.37. The first kappa shape index (κ1) is 15.1. The van der Waals surface area contributed by atoms with Crippen LogP contribution in [0.15, 0.2) is 18.2 Å². The van der Waals surface area contributed by atoms with E-state index in [-0.39, 0.29) is 11.9 Å². The average molecular weight is 257 g/mol. The van der Waals surface area contributed by atoms with Crippen LogP contribution in [-0.2, 0) is 11.2 Å². The summed E-state index contributed by atoms with van der Waals surface area (Å²) in [6.07, 6.45) is 2.27. The van der Waals surface area contributed by atoms with Crippen molar-refractivity contribution in [2.45, 2.75) is 32.2 Å². The molecule has 1 rings (SSSR count). The third-order valence-electron chi connectivity index (χ3n) is 2.83. The van der Waals surface area contributed by atoms with E-state index < -0.39 is 5.82 Å². The number of ether oxygens (including phenoxy) is 1. The monoisotopic (exact) mass is 257 g/mol. The highest BCUT2D eigenvalue weighted by molar-refractivity contribution is 5.19. The van der Waals surface area contributed by atoms with Gasteiger partial charge in [-0.25, -0.2) is 8.78 Å². The van der Waals surface area contributed by atoms with Crippen molar-refractivity contribution in [1.29, 1.82) is 0 Å². The van der Waals surface area contributed by atoms with E-state index >= 15 is 0 Å². The second kappa shape index (κ2) is 8.16. The van der Waals surface area contributed by atoms with Crippen LogP contribution < -0.4 is 5.32 Å². The number of hydrogen-bond donors (Lipinski definition) is 1. The molecule has 0 saturated heterocycles. The van der Waals surface area contributed by atoms with Gasteiger partial charge in [0.1, 0.15) is 11.6 Å². The van der Waals surface area contributed by atoms with Gasteiger partial charge in [-0.3, -0.25) is 0 Å². The minimum Gasteiger partial charge on any atom is -0.385 e. The van der Waals surface area contributed by atoms with Crippen LogP contribution in [0, 0.1) is 11.6 Å². The standard InChI is InChI=1S/C14H21F2NO/c1-3-7-17-13(6-8-18-2)10-11-9-12(15)4-5-14(11)16/h4-5,9,13,17H,3,6-8,10H2,1-2H3. The molecule has 0 amide bonds. The fraction of sp³-hybridized carbons (Fsp3) is 0.571. The van der Waals surface area contributed by atoms with Crippen LogP contribution >= 0.6 is 0 Å². The lowest BCUT2D eigenvalue weighted by molar-refractivity contribution is 0.182. The molecule has 4 heteroatoms. The minimum absolute atomic E-state index is 0.112. The van der Waals surface area contributed by atoms with Crippen molar-refractivity contribution in [1.82, 2.24) is 5.32 Å². The van der Waals surface area contributed by atoms with Gasteiger partial charge in [0.15, 0.2) is 0 Å². The summed E-state index contributed by atoms with van der Waals surface area (Å²) in [5, 5.41) is 3.33.